The van der Waals surface area contributed by atoms with Gasteiger partial charge in [0.2, 0.25) is 5.13 Å². The zero-order valence-electron chi connectivity index (χ0n) is 23.6. The third kappa shape index (κ3) is 5.13. The number of carbonyl (C=O) groups excluding carboxylic acids is 3. The Morgan fingerprint density at radius 2 is 1.80 bits per heavy atom. The summed E-state index contributed by atoms with van der Waals surface area (Å²) in [5.74, 6) is -2.62. The van der Waals surface area contributed by atoms with Crippen LogP contribution in [0.1, 0.15) is 44.5 Å². The molecule has 13 heteroatoms. The largest absolute Gasteiger partial charge is 0.505 e. The molecule has 1 atom stereocenters. The van der Waals surface area contributed by atoms with E-state index in [1.807, 2.05) is 19.1 Å². The summed E-state index contributed by atoms with van der Waals surface area (Å²) < 4.78 is 20.4. The van der Waals surface area contributed by atoms with Crippen molar-refractivity contribution in [1.82, 2.24) is 19.6 Å². The number of imidazole rings is 1. The lowest BCUT2D eigenvalue weighted by Crippen LogP contribution is -2.29. The van der Waals surface area contributed by atoms with Crippen molar-refractivity contribution in [2.45, 2.75) is 30.0 Å². The van der Waals surface area contributed by atoms with Gasteiger partial charge in [0.05, 0.1) is 30.0 Å². The molecule has 0 spiro atoms. The van der Waals surface area contributed by atoms with Gasteiger partial charge in [0.1, 0.15) is 17.2 Å². The smallest absolute Gasteiger partial charge is 0.337 e. The number of nitrogens with zero attached hydrogens (tertiary/aromatic N) is 5. The van der Waals surface area contributed by atoms with Gasteiger partial charge in [0.15, 0.2) is 10.1 Å². The summed E-state index contributed by atoms with van der Waals surface area (Å²) in [5, 5.41) is 20.2. The van der Waals surface area contributed by atoms with Crippen LogP contribution in [0.25, 0.3) is 11.4 Å². The number of benzene rings is 2. The molecular weight excluding hydrogens is 606 g/mol. The summed E-state index contributed by atoms with van der Waals surface area (Å²) in [6, 6.07) is 15.0. The maximum atomic E-state index is 13.7. The van der Waals surface area contributed by atoms with Gasteiger partial charge in [-0.05, 0) is 60.9 Å². The number of hydrogen-bond acceptors (Lipinski definition) is 10. The number of rotatable bonds is 7. The Labute approximate surface area is 258 Å². The quantitative estimate of drug-likeness (QED) is 0.0607. The van der Waals surface area contributed by atoms with Crippen LogP contribution in [0.15, 0.2) is 76.8 Å². The molecular formula is C31H24FN5O5S2. The number of hydrogen-bond donors (Lipinski definition) is 1. The van der Waals surface area contributed by atoms with Gasteiger partial charge in [0.25, 0.3) is 5.78 Å². The minimum absolute atomic E-state index is 0.150. The Bertz CT molecular complexity index is 1970. The molecule has 10 nitrogen and oxygen atoms in total. The second-order valence-corrected chi connectivity index (χ2v) is 12.2. The van der Waals surface area contributed by atoms with Crippen LogP contribution in [0.4, 0.5) is 9.52 Å². The highest BCUT2D eigenvalue weighted by molar-refractivity contribution is 8.00. The van der Waals surface area contributed by atoms with E-state index in [9.17, 15) is 23.9 Å². The Morgan fingerprint density at radius 3 is 2.48 bits per heavy atom. The van der Waals surface area contributed by atoms with Crippen molar-refractivity contribution in [3.05, 3.63) is 112 Å². The zero-order valence-corrected chi connectivity index (χ0v) is 25.3. The lowest BCUT2D eigenvalue weighted by atomic mass is 9.95. The van der Waals surface area contributed by atoms with Crippen LogP contribution in [-0.2, 0) is 20.1 Å². The molecule has 222 valence electrons. The number of amides is 1. The second-order valence-electron chi connectivity index (χ2n) is 9.98. The van der Waals surface area contributed by atoms with Gasteiger partial charge < -0.3 is 14.2 Å². The van der Waals surface area contributed by atoms with E-state index in [-0.39, 0.29) is 27.8 Å². The molecule has 4 heterocycles. The number of pyridine rings is 1. The molecule has 0 aliphatic carbocycles. The van der Waals surface area contributed by atoms with Crippen LogP contribution in [0.5, 0.6) is 0 Å². The number of aliphatic hydroxyl groups excluding tert-OH is 1. The molecule has 1 saturated heterocycles. The first-order valence-electron chi connectivity index (χ1n) is 13.3. The number of thioether (sulfide) groups is 1. The van der Waals surface area contributed by atoms with Gasteiger partial charge in [-0.3, -0.25) is 14.5 Å². The van der Waals surface area contributed by atoms with Gasteiger partial charge in [0, 0.05) is 11.9 Å². The molecule has 0 saturated carbocycles. The average molecular weight is 630 g/mol. The van der Waals surface area contributed by atoms with Gasteiger partial charge >= 0.3 is 11.9 Å². The number of aliphatic hydroxyl groups is 1. The summed E-state index contributed by atoms with van der Waals surface area (Å²) in [5.41, 5.74) is 3.65. The van der Waals surface area contributed by atoms with E-state index in [1.54, 1.807) is 41.8 Å². The van der Waals surface area contributed by atoms with Crippen molar-refractivity contribution in [2.75, 3.05) is 12.0 Å². The fraction of sp³-hybridized carbons (Fsp3) is 0.161. The summed E-state index contributed by atoms with van der Waals surface area (Å²) in [6.07, 6.45) is 1.80. The molecule has 3 aromatic heterocycles. The third-order valence-corrected chi connectivity index (χ3v) is 9.40. The fourth-order valence-electron chi connectivity index (χ4n) is 5.02. The summed E-state index contributed by atoms with van der Waals surface area (Å²) in [7, 11) is 1.27. The number of aryl methyl sites for hydroxylation is 2. The van der Waals surface area contributed by atoms with Crippen molar-refractivity contribution in [1.29, 1.82) is 0 Å². The second kappa shape index (κ2) is 11.7. The molecule has 1 unspecified atom stereocenters. The predicted molar refractivity (Wildman–Crippen MR) is 163 cm³/mol. The number of ketones is 1. The minimum atomic E-state index is -1.09. The molecule has 5 aromatic rings. The van der Waals surface area contributed by atoms with Crippen LogP contribution in [0, 0.1) is 19.7 Å². The van der Waals surface area contributed by atoms with Crippen LogP contribution in [-0.4, -0.2) is 49.5 Å². The van der Waals surface area contributed by atoms with Crippen LogP contribution < -0.4 is 4.90 Å². The van der Waals surface area contributed by atoms with E-state index >= 15 is 0 Å². The Balaban J connectivity index is 1.44. The van der Waals surface area contributed by atoms with Crippen LogP contribution >= 0.6 is 23.1 Å². The summed E-state index contributed by atoms with van der Waals surface area (Å²) >= 11 is 2.46. The zero-order chi connectivity index (χ0) is 31.1. The van der Waals surface area contributed by atoms with Crippen molar-refractivity contribution in [2.24, 2.45) is 0 Å². The summed E-state index contributed by atoms with van der Waals surface area (Å²) in [6.45, 7) is 3.65. The molecule has 1 aliphatic heterocycles. The van der Waals surface area contributed by atoms with Gasteiger partial charge in [-0.15, -0.1) is 10.2 Å². The molecule has 1 aliphatic rings. The van der Waals surface area contributed by atoms with E-state index < -0.39 is 29.5 Å². The number of halogens is 1. The van der Waals surface area contributed by atoms with Gasteiger partial charge in [-0.1, -0.05) is 53.4 Å². The predicted octanol–water partition coefficient (Wildman–Crippen LogP) is 5.65. The van der Waals surface area contributed by atoms with Crippen molar-refractivity contribution in [3.63, 3.8) is 0 Å². The number of fused-ring (bicyclic) bond motifs is 1. The Hall–Kier alpha value is -4.88. The molecule has 0 bridgehead atoms. The molecule has 1 N–H and O–H groups in total. The van der Waals surface area contributed by atoms with Crippen molar-refractivity contribution < 1.29 is 28.6 Å². The molecule has 2 aromatic carbocycles. The molecule has 44 heavy (non-hydrogen) atoms. The lowest BCUT2D eigenvalue weighted by Gasteiger charge is -2.22. The monoisotopic (exact) mass is 629 g/mol. The normalized spacial score (nSPS) is 16.2. The van der Waals surface area contributed by atoms with Gasteiger partial charge in [-0.25, -0.2) is 14.2 Å². The Morgan fingerprint density at radius 1 is 1.07 bits per heavy atom. The number of methoxy groups -OCH3 is 1. The van der Waals surface area contributed by atoms with E-state index in [0.717, 1.165) is 22.5 Å². The lowest BCUT2D eigenvalue weighted by molar-refractivity contribution is -0.132. The minimum Gasteiger partial charge on any atom is -0.505 e. The fourth-order valence-corrected chi connectivity index (χ4v) is 6.85. The highest BCUT2D eigenvalue weighted by Gasteiger charge is 2.49. The SMILES string of the molecule is COC(=O)c1ccc(C2/C(=C(\O)c3nc4c(C)cccn4c3C)C(=O)C(=O)N2c2nnc(SCc3ccc(F)cc3)s2)cc1. The van der Waals surface area contributed by atoms with E-state index in [0.29, 0.717) is 27.0 Å². The topological polar surface area (TPSA) is 127 Å². The first-order chi connectivity index (χ1) is 21.2. The number of Topliss-reactive ketones (excluding diaryl/α,β-unsaturated/α-hetero) is 1. The average Bonchev–Trinajstić information content (AvgIpc) is 3.71. The van der Waals surface area contributed by atoms with E-state index in [1.165, 1.54) is 48.0 Å². The number of esters is 1. The first kappa shape index (κ1) is 29.2. The maximum absolute atomic E-state index is 13.7. The standard InChI is InChI=1S/C31H24FN5O5S2/c1-16-5-4-14-36-17(2)23(33-27(16)36)25(38)22-24(19-8-10-20(11-9-19)29(41)42-3)37(28(40)26(22)39)30-34-35-31(44-30)43-15-18-6-12-21(32)13-7-18/h4-14,24,38H,15H2,1-3H3/b25-22+. The van der Waals surface area contributed by atoms with Crippen LogP contribution in [0.2, 0.25) is 0 Å². The number of anilines is 1. The Kier molecular flexibility index (Phi) is 7.74. The van der Waals surface area contributed by atoms with Crippen molar-refractivity contribution in [3.8, 4) is 0 Å². The van der Waals surface area contributed by atoms with Crippen molar-refractivity contribution >= 4 is 57.3 Å². The number of ether oxygens (including phenoxy) is 1. The first-order valence-corrected chi connectivity index (χ1v) is 15.1. The number of aromatic nitrogens is 4. The van der Waals surface area contributed by atoms with E-state index in [4.69, 9.17) is 4.74 Å². The highest BCUT2D eigenvalue weighted by Crippen LogP contribution is 2.44. The third-order valence-electron chi connectivity index (χ3n) is 7.28. The molecule has 1 amide bonds. The number of carbonyl (C=O) groups is 3. The molecule has 1 fully saturated rings. The van der Waals surface area contributed by atoms with E-state index in [2.05, 4.69) is 15.2 Å². The van der Waals surface area contributed by atoms with Gasteiger partial charge in [-0.2, -0.15) is 0 Å². The maximum Gasteiger partial charge on any atom is 0.337 e. The summed E-state index contributed by atoms with van der Waals surface area (Å²) in [4.78, 5) is 45.2. The van der Waals surface area contributed by atoms with Crippen LogP contribution in [0.3, 0.4) is 0 Å². The highest BCUT2D eigenvalue weighted by atomic mass is 32.2. The molecule has 6 rings (SSSR count). The molecule has 0 radical (unpaired) electrons.